The number of hydrogen-bond acceptors (Lipinski definition) is 3. The van der Waals surface area contributed by atoms with Crippen LogP contribution in [0.3, 0.4) is 0 Å². The van der Waals surface area contributed by atoms with Crippen LogP contribution in [0.2, 0.25) is 15.1 Å². The zero-order valence-electron chi connectivity index (χ0n) is 10.5. The Labute approximate surface area is 135 Å². The maximum Gasteiger partial charge on any atom is 0.182 e. The van der Waals surface area contributed by atoms with Crippen molar-refractivity contribution < 1.29 is 9.13 Å². The van der Waals surface area contributed by atoms with Gasteiger partial charge in [0, 0.05) is 23.2 Å². The number of nitrogens with zero attached hydrogens (tertiary/aromatic N) is 1. The molecule has 0 saturated carbocycles. The lowest BCUT2D eigenvalue weighted by Gasteiger charge is -2.13. The second kappa shape index (κ2) is 6.50. The lowest BCUT2D eigenvalue weighted by Crippen LogP contribution is -2.02. The van der Waals surface area contributed by atoms with Crippen LogP contribution in [0.15, 0.2) is 24.3 Å². The van der Waals surface area contributed by atoms with Gasteiger partial charge in [0.25, 0.3) is 0 Å². The highest BCUT2D eigenvalue weighted by molar-refractivity contribution is 6.35. The van der Waals surface area contributed by atoms with Crippen molar-refractivity contribution in [2.24, 2.45) is 5.73 Å². The zero-order valence-corrected chi connectivity index (χ0v) is 12.7. The molecule has 7 heteroatoms. The van der Waals surface area contributed by atoms with Gasteiger partial charge in [0.1, 0.15) is 16.8 Å². The van der Waals surface area contributed by atoms with Crippen molar-refractivity contribution in [1.82, 2.24) is 0 Å². The third-order valence-electron chi connectivity index (χ3n) is 2.69. The van der Waals surface area contributed by atoms with Crippen LogP contribution in [0.5, 0.6) is 11.5 Å². The van der Waals surface area contributed by atoms with Gasteiger partial charge in [-0.05, 0) is 12.1 Å². The van der Waals surface area contributed by atoms with Gasteiger partial charge in [-0.25, -0.2) is 4.39 Å². The summed E-state index contributed by atoms with van der Waals surface area (Å²) in [5.41, 5.74) is 5.79. The van der Waals surface area contributed by atoms with Gasteiger partial charge in [0.05, 0.1) is 10.6 Å². The monoisotopic (exact) mass is 344 g/mol. The molecule has 2 rings (SSSR count). The summed E-state index contributed by atoms with van der Waals surface area (Å²) < 4.78 is 19.6. The summed E-state index contributed by atoms with van der Waals surface area (Å²) in [4.78, 5) is 0. The first-order chi connectivity index (χ1) is 9.97. The SMILES string of the molecule is N#Cc1cc(Cl)cc(Oc2c(Cl)ccc(CN)c2F)c1Cl. The Hall–Kier alpha value is -1.51. The summed E-state index contributed by atoms with van der Waals surface area (Å²) in [5, 5.41) is 9.27. The Balaban J connectivity index is 2.54. The van der Waals surface area contributed by atoms with Gasteiger partial charge in [-0.1, -0.05) is 40.9 Å². The third-order valence-corrected chi connectivity index (χ3v) is 3.59. The van der Waals surface area contributed by atoms with Crippen LogP contribution in [0.1, 0.15) is 11.1 Å². The van der Waals surface area contributed by atoms with Gasteiger partial charge in [-0.3, -0.25) is 0 Å². The molecular formula is C14H8Cl3FN2O. The van der Waals surface area contributed by atoms with Crippen molar-refractivity contribution in [2.45, 2.75) is 6.54 Å². The minimum atomic E-state index is -0.681. The summed E-state index contributed by atoms with van der Waals surface area (Å²) >= 11 is 17.8. The molecule has 3 nitrogen and oxygen atoms in total. The highest BCUT2D eigenvalue weighted by Gasteiger charge is 2.17. The maximum absolute atomic E-state index is 14.2. The number of nitriles is 1. The van der Waals surface area contributed by atoms with Gasteiger partial charge < -0.3 is 10.5 Å². The van der Waals surface area contributed by atoms with E-state index in [9.17, 15) is 4.39 Å². The Morgan fingerprint density at radius 2 is 1.95 bits per heavy atom. The minimum Gasteiger partial charge on any atom is -0.451 e. The number of benzene rings is 2. The topological polar surface area (TPSA) is 59.0 Å². The lowest BCUT2D eigenvalue weighted by atomic mass is 10.2. The Bertz CT molecular complexity index is 744. The Morgan fingerprint density at radius 1 is 1.24 bits per heavy atom. The van der Waals surface area contributed by atoms with Crippen LogP contribution in [0, 0.1) is 17.1 Å². The quantitative estimate of drug-likeness (QED) is 0.860. The highest BCUT2D eigenvalue weighted by Crippen LogP contribution is 2.39. The fourth-order valence-corrected chi connectivity index (χ4v) is 2.24. The van der Waals surface area contributed by atoms with Crippen molar-refractivity contribution in [3.63, 3.8) is 0 Å². The van der Waals surface area contributed by atoms with Gasteiger partial charge in [0.2, 0.25) is 0 Å². The summed E-state index contributed by atoms with van der Waals surface area (Å²) in [6.07, 6.45) is 0. The lowest BCUT2D eigenvalue weighted by molar-refractivity contribution is 0.439. The predicted octanol–water partition coefficient (Wildman–Crippen LogP) is 4.91. The first-order valence-corrected chi connectivity index (χ1v) is 6.85. The maximum atomic E-state index is 14.2. The number of ether oxygens (including phenoxy) is 1. The zero-order chi connectivity index (χ0) is 15.6. The summed E-state index contributed by atoms with van der Waals surface area (Å²) in [6.45, 7) is -0.00785. The molecule has 0 aliphatic carbocycles. The highest BCUT2D eigenvalue weighted by atomic mass is 35.5. The molecule has 0 saturated heterocycles. The van der Waals surface area contributed by atoms with Crippen LogP contribution < -0.4 is 10.5 Å². The standard InChI is InChI=1S/C14H8Cl3FN2O/c15-9-3-8(6-20)12(17)11(4-9)21-14-10(16)2-1-7(5-19)13(14)18/h1-4H,5,19H2. The van der Waals surface area contributed by atoms with Crippen molar-refractivity contribution in [3.8, 4) is 17.6 Å². The fourth-order valence-electron chi connectivity index (χ4n) is 1.65. The molecule has 0 bridgehead atoms. The van der Waals surface area contributed by atoms with Gasteiger partial charge in [0.15, 0.2) is 11.6 Å². The number of nitrogens with two attached hydrogens (primary N) is 1. The molecule has 0 unspecified atom stereocenters. The fraction of sp³-hybridized carbons (Fsp3) is 0.0714. The van der Waals surface area contributed by atoms with E-state index in [4.69, 9.17) is 50.5 Å². The molecule has 0 spiro atoms. The van der Waals surface area contributed by atoms with Gasteiger partial charge >= 0.3 is 0 Å². The van der Waals surface area contributed by atoms with E-state index in [0.29, 0.717) is 0 Å². The molecule has 0 fully saturated rings. The molecule has 0 heterocycles. The van der Waals surface area contributed by atoms with Crippen molar-refractivity contribution >= 4 is 34.8 Å². The molecule has 2 aromatic rings. The van der Waals surface area contributed by atoms with E-state index < -0.39 is 5.82 Å². The predicted molar refractivity (Wildman–Crippen MR) is 80.6 cm³/mol. The molecule has 21 heavy (non-hydrogen) atoms. The third kappa shape index (κ3) is 3.22. The van der Waals surface area contributed by atoms with E-state index in [1.807, 2.05) is 6.07 Å². The molecule has 108 valence electrons. The number of halogens is 4. The van der Waals surface area contributed by atoms with Crippen LogP contribution >= 0.6 is 34.8 Å². The first-order valence-electron chi connectivity index (χ1n) is 5.71. The molecular weight excluding hydrogens is 338 g/mol. The smallest absolute Gasteiger partial charge is 0.182 e. The van der Waals surface area contributed by atoms with Crippen LogP contribution in [0.25, 0.3) is 0 Å². The molecule has 0 aliphatic heterocycles. The normalized spacial score (nSPS) is 10.3. The van der Waals surface area contributed by atoms with Gasteiger partial charge in [-0.2, -0.15) is 5.26 Å². The second-order valence-corrected chi connectivity index (χ2v) is 5.25. The average Bonchev–Trinajstić information content (AvgIpc) is 2.46. The van der Waals surface area contributed by atoms with Crippen molar-refractivity contribution in [3.05, 3.63) is 56.3 Å². The number of hydrogen-bond donors (Lipinski definition) is 1. The average molecular weight is 346 g/mol. The molecule has 0 radical (unpaired) electrons. The van der Waals surface area contributed by atoms with E-state index >= 15 is 0 Å². The van der Waals surface area contributed by atoms with E-state index in [1.54, 1.807) is 0 Å². The molecule has 0 aromatic heterocycles. The van der Waals surface area contributed by atoms with Crippen LogP contribution in [-0.4, -0.2) is 0 Å². The molecule has 2 N–H and O–H groups in total. The minimum absolute atomic E-state index is 0.00785. The van der Waals surface area contributed by atoms with E-state index in [0.717, 1.165) is 0 Å². The molecule has 0 atom stereocenters. The van der Waals surface area contributed by atoms with Crippen molar-refractivity contribution in [2.75, 3.05) is 0 Å². The number of rotatable bonds is 3. The largest absolute Gasteiger partial charge is 0.451 e. The molecule has 2 aromatic carbocycles. The van der Waals surface area contributed by atoms with E-state index in [2.05, 4.69) is 0 Å². The molecule has 0 amide bonds. The van der Waals surface area contributed by atoms with E-state index in [1.165, 1.54) is 24.3 Å². The van der Waals surface area contributed by atoms with E-state index in [-0.39, 0.29) is 44.2 Å². The van der Waals surface area contributed by atoms with Crippen LogP contribution in [-0.2, 0) is 6.54 Å². The van der Waals surface area contributed by atoms with Crippen LogP contribution in [0.4, 0.5) is 4.39 Å². The Morgan fingerprint density at radius 3 is 2.57 bits per heavy atom. The van der Waals surface area contributed by atoms with Crippen molar-refractivity contribution in [1.29, 1.82) is 5.26 Å². The van der Waals surface area contributed by atoms with Gasteiger partial charge in [-0.15, -0.1) is 0 Å². The Kier molecular flexibility index (Phi) is 4.92. The summed E-state index contributed by atoms with van der Waals surface area (Å²) in [6, 6.07) is 7.55. The summed E-state index contributed by atoms with van der Waals surface area (Å²) in [7, 11) is 0. The first kappa shape index (κ1) is 15.9. The second-order valence-electron chi connectivity index (χ2n) is 4.03. The molecule has 0 aliphatic rings. The summed E-state index contributed by atoms with van der Waals surface area (Å²) in [5.74, 6) is -0.858.